The lowest BCUT2D eigenvalue weighted by atomic mass is 10.0. The fourth-order valence-electron chi connectivity index (χ4n) is 1.82. The highest BCUT2D eigenvalue weighted by Gasteiger charge is 2.32. The molecule has 0 unspecified atom stereocenters. The molecule has 0 bridgehead atoms. The highest BCUT2D eigenvalue weighted by molar-refractivity contribution is 6.07. The van der Waals surface area contributed by atoms with E-state index in [-0.39, 0.29) is 16.9 Å². The molecule has 5 heteroatoms. The third-order valence-corrected chi connectivity index (χ3v) is 2.81. The maximum atomic E-state index is 12.8. The van der Waals surface area contributed by atoms with Crippen LogP contribution in [0.25, 0.3) is 6.08 Å². The summed E-state index contributed by atoms with van der Waals surface area (Å²) < 4.78 is 38.4. The van der Waals surface area contributed by atoms with Crippen molar-refractivity contribution in [1.82, 2.24) is 0 Å². The first-order chi connectivity index (χ1) is 9.88. The summed E-state index contributed by atoms with van der Waals surface area (Å²) >= 11 is 0. The Morgan fingerprint density at radius 1 is 1.05 bits per heavy atom. The van der Waals surface area contributed by atoms with Gasteiger partial charge in [-0.15, -0.1) is 0 Å². The number of benzene rings is 2. The van der Waals surface area contributed by atoms with Gasteiger partial charge >= 0.3 is 6.18 Å². The first-order valence-corrected chi connectivity index (χ1v) is 6.05. The Bertz CT molecular complexity index is 688. The number of carbonyl (C=O) groups excluding carboxylic acids is 1. The molecule has 0 amide bonds. The number of aromatic hydroxyl groups is 1. The highest BCUT2D eigenvalue weighted by Crippen LogP contribution is 2.32. The molecule has 0 aromatic heterocycles. The standard InChI is InChI=1S/C16H11F3O2/c17-16(18,19)14-7-2-1-4-11(14)8-9-15(21)12-5-3-6-13(20)10-12/h1-10,20H. The molecule has 0 saturated heterocycles. The van der Waals surface area contributed by atoms with E-state index in [4.69, 9.17) is 0 Å². The van der Waals surface area contributed by atoms with Gasteiger partial charge in [-0.1, -0.05) is 36.4 Å². The lowest BCUT2D eigenvalue weighted by molar-refractivity contribution is -0.137. The van der Waals surface area contributed by atoms with Gasteiger partial charge in [-0.3, -0.25) is 4.79 Å². The van der Waals surface area contributed by atoms with E-state index in [9.17, 15) is 23.1 Å². The lowest BCUT2D eigenvalue weighted by Gasteiger charge is -2.09. The monoisotopic (exact) mass is 292 g/mol. The van der Waals surface area contributed by atoms with E-state index in [1.807, 2.05) is 0 Å². The van der Waals surface area contributed by atoms with Gasteiger partial charge < -0.3 is 5.11 Å². The van der Waals surface area contributed by atoms with Crippen LogP contribution < -0.4 is 0 Å². The summed E-state index contributed by atoms with van der Waals surface area (Å²) in [4.78, 5) is 11.9. The molecule has 1 N–H and O–H groups in total. The molecule has 0 radical (unpaired) electrons. The van der Waals surface area contributed by atoms with Gasteiger partial charge in [-0.25, -0.2) is 0 Å². The van der Waals surface area contributed by atoms with E-state index in [0.29, 0.717) is 0 Å². The van der Waals surface area contributed by atoms with Crippen LogP contribution in [0, 0.1) is 0 Å². The zero-order valence-corrected chi connectivity index (χ0v) is 10.8. The van der Waals surface area contributed by atoms with Crippen LogP contribution in [-0.2, 0) is 6.18 Å². The summed E-state index contributed by atoms with van der Waals surface area (Å²) in [7, 11) is 0. The van der Waals surface area contributed by atoms with Gasteiger partial charge in [0.25, 0.3) is 0 Å². The van der Waals surface area contributed by atoms with Crippen molar-refractivity contribution in [3.05, 3.63) is 71.3 Å². The second-order valence-electron chi connectivity index (χ2n) is 4.33. The minimum absolute atomic E-state index is 0.0788. The van der Waals surface area contributed by atoms with Crippen molar-refractivity contribution >= 4 is 11.9 Å². The van der Waals surface area contributed by atoms with Gasteiger partial charge in [0.05, 0.1) is 5.56 Å². The third kappa shape index (κ3) is 3.72. The zero-order chi connectivity index (χ0) is 15.5. The maximum Gasteiger partial charge on any atom is 0.416 e. The van der Waals surface area contributed by atoms with Crippen LogP contribution >= 0.6 is 0 Å². The number of alkyl halides is 3. The lowest BCUT2D eigenvalue weighted by Crippen LogP contribution is -2.07. The van der Waals surface area contributed by atoms with E-state index in [0.717, 1.165) is 18.2 Å². The van der Waals surface area contributed by atoms with Crippen molar-refractivity contribution in [2.75, 3.05) is 0 Å². The van der Waals surface area contributed by atoms with Crippen LogP contribution in [0.1, 0.15) is 21.5 Å². The molecule has 0 aliphatic carbocycles. The number of halogens is 3. The topological polar surface area (TPSA) is 37.3 Å². The van der Waals surface area contributed by atoms with Gasteiger partial charge in [0.15, 0.2) is 5.78 Å². The average molecular weight is 292 g/mol. The second-order valence-corrected chi connectivity index (χ2v) is 4.33. The third-order valence-electron chi connectivity index (χ3n) is 2.81. The Hall–Kier alpha value is -2.56. The molecule has 21 heavy (non-hydrogen) atoms. The number of phenolic OH excluding ortho intramolecular Hbond substituents is 1. The largest absolute Gasteiger partial charge is 0.508 e. The number of allylic oxidation sites excluding steroid dienone is 1. The summed E-state index contributed by atoms with van der Waals surface area (Å²) in [5.74, 6) is -0.562. The maximum absolute atomic E-state index is 12.8. The predicted octanol–water partition coefficient (Wildman–Crippen LogP) is 4.31. The number of ketones is 1. The quantitative estimate of drug-likeness (QED) is 0.676. The fourth-order valence-corrected chi connectivity index (χ4v) is 1.82. The van der Waals surface area contributed by atoms with Gasteiger partial charge in [0, 0.05) is 5.56 Å². The van der Waals surface area contributed by atoms with Crippen LogP contribution in [0.3, 0.4) is 0 Å². The van der Waals surface area contributed by atoms with Crippen molar-refractivity contribution in [2.24, 2.45) is 0 Å². The van der Waals surface area contributed by atoms with E-state index in [2.05, 4.69) is 0 Å². The molecular weight excluding hydrogens is 281 g/mol. The molecule has 2 nitrogen and oxygen atoms in total. The first-order valence-electron chi connectivity index (χ1n) is 6.05. The van der Waals surface area contributed by atoms with Crippen LogP contribution in [0.2, 0.25) is 0 Å². The van der Waals surface area contributed by atoms with Gasteiger partial charge in [0.1, 0.15) is 5.75 Å². The number of carbonyl (C=O) groups is 1. The minimum atomic E-state index is -4.48. The Balaban J connectivity index is 2.28. The molecule has 0 atom stereocenters. The summed E-state index contributed by atoms with van der Waals surface area (Å²) in [5, 5.41) is 9.27. The smallest absolute Gasteiger partial charge is 0.416 e. The second kappa shape index (κ2) is 5.83. The summed E-state index contributed by atoms with van der Waals surface area (Å²) in [6, 6.07) is 10.6. The van der Waals surface area contributed by atoms with E-state index in [1.54, 1.807) is 0 Å². The summed E-state index contributed by atoms with van der Waals surface area (Å²) in [6.45, 7) is 0. The van der Waals surface area contributed by atoms with Crippen molar-refractivity contribution in [3.8, 4) is 5.75 Å². The first kappa shape index (κ1) is 14.8. The van der Waals surface area contributed by atoms with E-state index in [1.165, 1.54) is 42.5 Å². The van der Waals surface area contributed by atoms with Crippen LogP contribution in [-0.4, -0.2) is 10.9 Å². The molecule has 0 saturated carbocycles. The van der Waals surface area contributed by atoms with Crippen LogP contribution in [0.4, 0.5) is 13.2 Å². The van der Waals surface area contributed by atoms with Crippen molar-refractivity contribution < 1.29 is 23.1 Å². The van der Waals surface area contributed by atoms with Gasteiger partial charge in [0.2, 0.25) is 0 Å². The molecule has 0 aliphatic rings. The molecule has 2 aromatic rings. The van der Waals surface area contributed by atoms with Crippen molar-refractivity contribution in [3.63, 3.8) is 0 Å². The Kier molecular flexibility index (Phi) is 4.12. The molecule has 0 fully saturated rings. The Morgan fingerprint density at radius 3 is 2.43 bits per heavy atom. The summed E-state index contributed by atoms with van der Waals surface area (Å²) in [6.07, 6.45) is -2.30. The minimum Gasteiger partial charge on any atom is -0.508 e. The van der Waals surface area contributed by atoms with E-state index < -0.39 is 17.5 Å². The Labute approximate surface area is 119 Å². The number of hydrogen-bond acceptors (Lipinski definition) is 2. The predicted molar refractivity (Wildman–Crippen MR) is 72.9 cm³/mol. The van der Waals surface area contributed by atoms with Crippen molar-refractivity contribution in [2.45, 2.75) is 6.18 Å². The molecule has 2 rings (SSSR count). The molecule has 108 valence electrons. The van der Waals surface area contributed by atoms with Gasteiger partial charge in [-0.05, 0) is 29.8 Å². The van der Waals surface area contributed by atoms with Crippen LogP contribution in [0.5, 0.6) is 5.75 Å². The molecule has 0 spiro atoms. The fraction of sp³-hybridized carbons (Fsp3) is 0.0625. The summed E-state index contributed by atoms with van der Waals surface area (Å²) in [5.41, 5.74) is -0.681. The zero-order valence-electron chi connectivity index (χ0n) is 10.8. The number of phenols is 1. The normalized spacial score (nSPS) is 11.8. The van der Waals surface area contributed by atoms with Gasteiger partial charge in [-0.2, -0.15) is 13.2 Å². The molecule has 2 aromatic carbocycles. The Morgan fingerprint density at radius 2 is 1.76 bits per heavy atom. The number of rotatable bonds is 3. The number of hydrogen-bond donors (Lipinski definition) is 1. The van der Waals surface area contributed by atoms with Crippen LogP contribution in [0.15, 0.2) is 54.6 Å². The SMILES string of the molecule is O=C(C=Cc1ccccc1C(F)(F)F)c1cccc(O)c1. The molecular formula is C16H11F3O2. The molecule has 0 aliphatic heterocycles. The van der Waals surface area contributed by atoms with E-state index >= 15 is 0 Å². The highest BCUT2D eigenvalue weighted by atomic mass is 19.4. The average Bonchev–Trinajstić information content (AvgIpc) is 2.44. The van der Waals surface area contributed by atoms with Crippen molar-refractivity contribution in [1.29, 1.82) is 0 Å². The molecule has 0 heterocycles.